The maximum absolute atomic E-state index is 5.68. The number of benzene rings is 1. The van der Waals surface area contributed by atoms with Crippen LogP contribution in [0, 0.1) is 6.92 Å². The van der Waals surface area contributed by atoms with Crippen LogP contribution in [0.15, 0.2) is 35.4 Å². The van der Waals surface area contributed by atoms with Gasteiger partial charge in [-0.3, -0.25) is 0 Å². The van der Waals surface area contributed by atoms with Gasteiger partial charge in [0.1, 0.15) is 5.82 Å². The zero-order chi connectivity index (χ0) is 10.8. The molecule has 0 saturated heterocycles. The molecule has 1 heterocycles. The molecule has 2 aromatic rings. The summed E-state index contributed by atoms with van der Waals surface area (Å²) in [7, 11) is 0. The molecule has 78 valence electrons. The number of aryl methyl sites for hydroxylation is 1. The minimum Gasteiger partial charge on any atom is -0.324 e. The summed E-state index contributed by atoms with van der Waals surface area (Å²) in [6.45, 7) is 4.83. The maximum atomic E-state index is 5.68. The van der Waals surface area contributed by atoms with Gasteiger partial charge in [-0.15, -0.1) is 0 Å². The second kappa shape index (κ2) is 4.07. The Bertz CT molecular complexity index is 511. The van der Waals surface area contributed by atoms with Crippen LogP contribution in [0.5, 0.6) is 0 Å². The number of allylic oxidation sites excluding steroid dienone is 1. The Morgan fingerprint density at radius 3 is 2.93 bits per heavy atom. The van der Waals surface area contributed by atoms with E-state index >= 15 is 0 Å². The first-order chi connectivity index (χ1) is 7.22. The molecule has 0 amide bonds. The molecule has 0 N–H and O–H groups in total. The molecule has 0 spiro atoms. The van der Waals surface area contributed by atoms with Crippen molar-refractivity contribution in [3.05, 3.63) is 41.2 Å². The highest BCUT2D eigenvalue weighted by Crippen LogP contribution is 2.16. The van der Waals surface area contributed by atoms with Crippen LogP contribution in [-0.4, -0.2) is 9.55 Å². The lowest BCUT2D eigenvalue weighted by Crippen LogP contribution is -2.00. The van der Waals surface area contributed by atoms with E-state index < -0.39 is 0 Å². The highest BCUT2D eigenvalue weighted by atomic mass is 35.5. The number of nitrogens with zero attached hydrogens (tertiary/aromatic N) is 2. The number of imidazole rings is 1. The molecule has 0 aliphatic carbocycles. The predicted octanol–water partition coefficient (Wildman–Crippen LogP) is 3.49. The van der Waals surface area contributed by atoms with Crippen molar-refractivity contribution >= 4 is 22.6 Å². The first-order valence-electron chi connectivity index (χ1n) is 4.90. The number of aromatic nitrogens is 2. The average Bonchev–Trinajstić information content (AvgIpc) is 2.55. The normalized spacial score (nSPS) is 12.3. The molecule has 0 fully saturated rings. The first-order valence-corrected chi connectivity index (χ1v) is 5.33. The molecule has 0 radical (unpaired) electrons. The molecule has 1 aromatic heterocycles. The Morgan fingerprint density at radius 1 is 1.47 bits per heavy atom. The lowest BCUT2D eigenvalue weighted by Gasteiger charge is -2.05. The number of fused-ring (bicyclic) bond motifs is 1. The van der Waals surface area contributed by atoms with Crippen LogP contribution in [0.4, 0.5) is 0 Å². The molecule has 0 aliphatic heterocycles. The van der Waals surface area contributed by atoms with Gasteiger partial charge in [-0.2, -0.15) is 0 Å². The van der Waals surface area contributed by atoms with E-state index in [9.17, 15) is 0 Å². The van der Waals surface area contributed by atoms with Gasteiger partial charge in [-0.1, -0.05) is 23.7 Å². The van der Waals surface area contributed by atoms with Crippen molar-refractivity contribution in [2.75, 3.05) is 0 Å². The SMILES string of the molecule is C/C(=C/Cl)Cn1c(C)nc2ccccc21. The quantitative estimate of drug-likeness (QED) is 0.758. The van der Waals surface area contributed by atoms with E-state index in [1.807, 2.05) is 32.0 Å². The molecule has 15 heavy (non-hydrogen) atoms. The number of hydrogen-bond donors (Lipinski definition) is 0. The third-order valence-electron chi connectivity index (χ3n) is 2.44. The molecule has 2 rings (SSSR count). The van der Waals surface area contributed by atoms with Gasteiger partial charge in [-0.05, 0) is 31.6 Å². The van der Waals surface area contributed by atoms with Gasteiger partial charge in [0.25, 0.3) is 0 Å². The van der Waals surface area contributed by atoms with Crippen LogP contribution in [0.1, 0.15) is 12.7 Å². The van der Waals surface area contributed by atoms with Gasteiger partial charge >= 0.3 is 0 Å². The number of para-hydroxylation sites is 2. The summed E-state index contributed by atoms with van der Waals surface area (Å²) in [6.07, 6.45) is 0. The molecule has 0 unspecified atom stereocenters. The molecule has 0 atom stereocenters. The first kappa shape index (κ1) is 10.2. The molecule has 0 aliphatic rings. The second-order valence-electron chi connectivity index (χ2n) is 3.69. The zero-order valence-electron chi connectivity index (χ0n) is 8.87. The molecule has 2 nitrogen and oxygen atoms in total. The summed E-state index contributed by atoms with van der Waals surface area (Å²) in [5.41, 5.74) is 4.95. The summed E-state index contributed by atoms with van der Waals surface area (Å²) in [6, 6.07) is 8.14. The smallest absolute Gasteiger partial charge is 0.107 e. The fourth-order valence-electron chi connectivity index (χ4n) is 1.68. The van der Waals surface area contributed by atoms with Crippen molar-refractivity contribution in [1.29, 1.82) is 0 Å². The minimum absolute atomic E-state index is 0.801. The Morgan fingerprint density at radius 2 is 2.20 bits per heavy atom. The van der Waals surface area contributed by atoms with E-state index in [0.29, 0.717) is 0 Å². The van der Waals surface area contributed by atoms with E-state index in [2.05, 4.69) is 15.6 Å². The second-order valence-corrected chi connectivity index (χ2v) is 3.91. The topological polar surface area (TPSA) is 17.8 Å². The third-order valence-corrected chi connectivity index (χ3v) is 2.81. The van der Waals surface area contributed by atoms with E-state index in [4.69, 9.17) is 11.6 Å². The van der Waals surface area contributed by atoms with Crippen molar-refractivity contribution in [1.82, 2.24) is 9.55 Å². The lowest BCUT2D eigenvalue weighted by molar-refractivity contribution is 0.774. The summed E-state index contributed by atoms with van der Waals surface area (Å²) in [5, 5.41) is 0. The summed E-state index contributed by atoms with van der Waals surface area (Å²) in [4.78, 5) is 4.49. The number of halogens is 1. The zero-order valence-corrected chi connectivity index (χ0v) is 9.62. The van der Waals surface area contributed by atoms with Crippen LogP contribution < -0.4 is 0 Å². The Hall–Kier alpha value is -1.28. The van der Waals surface area contributed by atoms with Crippen LogP contribution >= 0.6 is 11.6 Å². The molecular weight excluding hydrogens is 208 g/mol. The minimum atomic E-state index is 0.801. The molecule has 1 aromatic carbocycles. The summed E-state index contributed by atoms with van der Waals surface area (Å²) < 4.78 is 2.17. The highest BCUT2D eigenvalue weighted by Gasteiger charge is 2.05. The summed E-state index contributed by atoms with van der Waals surface area (Å²) in [5.74, 6) is 1.02. The fraction of sp³-hybridized carbons (Fsp3) is 0.250. The summed E-state index contributed by atoms with van der Waals surface area (Å²) >= 11 is 5.68. The van der Waals surface area contributed by atoms with Crippen molar-refractivity contribution in [2.24, 2.45) is 0 Å². The largest absolute Gasteiger partial charge is 0.324 e. The van der Waals surface area contributed by atoms with Gasteiger partial charge in [0.15, 0.2) is 0 Å². The highest BCUT2D eigenvalue weighted by molar-refractivity contribution is 6.25. The predicted molar refractivity (Wildman–Crippen MR) is 64.1 cm³/mol. The molecule has 0 saturated carbocycles. The van der Waals surface area contributed by atoms with Gasteiger partial charge in [0, 0.05) is 12.1 Å². The Labute approximate surface area is 94.2 Å². The van der Waals surface area contributed by atoms with Crippen LogP contribution in [-0.2, 0) is 6.54 Å². The number of rotatable bonds is 2. The Balaban J connectivity index is 2.54. The maximum Gasteiger partial charge on any atom is 0.107 e. The number of hydrogen-bond acceptors (Lipinski definition) is 1. The van der Waals surface area contributed by atoms with E-state index in [1.54, 1.807) is 5.54 Å². The van der Waals surface area contributed by atoms with Crippen molar-refractivity contribution in [2.45, 2.75) is 20.4 Å². The van der Waals surface area contributed by atoms with Gasteiger partial charge in [0.2, 0.25) is 0 Å². The van der Waals surface area contributed by atoms with E-state index in [0.717, 1.165) is 29.0 Å². The van der Waals surface area contributed by atoms with Crippen molar-refractivity contribution in [3.8, 4) is 0 Å². The lowest BCUT2D eigenvalue weighted by atomic mass is 10.3. The van der Waals surface area contributed by atoms with E-state index in [-0.39, 0.29) is 0 Å². The van der Waals surface area contributed by atoms with Crippen LogP contribution in [0.25, 0.3) is 11.0 Å². The van der Waals surface area contributed by atoms with Crippen molar-refractivity contribution in [3.63, 3.8) is 0 Å². The monoisotopic (exact) mass is 220 g/mol. The van der Waals surface area contributed by atoms with Crippen molar-refractivity contribution < 1.29 is 0 Å². The fourth-order valence-corrected chi connectivity index (χ4v) is 1.75. The van der Waals surface area contributed by atoms with Crippen LogP contribution in [0.2, 0.25) is 0 Å². The van der Waals surface area contributed by atoms with E-state index in [1.165, 1.54) is 0 Å². The Kier molecular flexibility index (Phi) is 2.78. The van der Waals surface area contributed by atoms with Gasteiger partial charge < -0.3 is 4.57 Å². The van der Waals surface area contributed by atoms with Crippen LogP contribution in [0.3, 0.4) is 0 Å². The molecule has 0 bridgehead atoms. The van der Waals surface area contributed by atoms with Gasteiger partial charge in [0.05, 0.1) is 11.0 Å². The average molecular weight is 221 g/mol. The standard InChI is InChI=1S/C12H13ClN2/c1-9(7-13)8-15-10(2)14-11-5-3-4-6-12(11)15/h3-7H,8H2,1-2H3/b9-7-. The van der Waals surface area contributed by atoms with Gasteiger partial charge in [-0.25, -0.2) is 4.98 Å². The third kappa shape index (κ3) is 1.90. The molecular formula is C12H13ClN2. The molecule has 3 heteroatoms.